The molecule has 1 aliphatic carbocycles. The van der Waals surface area contributed by atoms with Gasteiger partial charge in [-0.3, -0.25) is 4.79 Å². The van der Waals surface area contributed by atoms with E-state index in [1.807, 2.05) is 93.6 Å². The van der Waals surface area contributed by atoms with Crippen molar-refractivity contribution in [1.29, 1.82) is 5.41 Å². The first kappa shape index (κ1) is 55.5. The molecule has 0 atom stereocenters. The molecule has 5 rings (SSSR count). The van der Waals surface area contributed by atoms with Gasteiger partial charge in [0.25, 0.3) is 0 Å². The zero-order valence-electron chi connectivity index (χ0n) is 38.1. The Morgan fingerprint density at radius 3 is 1.75 bits per heavy atom. The molecule has 0 saturated carbocycles. The van der Waals surface area contributed by atoms with Crippen molar-refractivity contribution in [3.8, 4) is 0 Å². The Morgan fingerprint density at radius 1 is 0.800 bits per heavy atom. The fraction of sp³-hybridized carbons (Fsp3) is 0.353. The van der Waals surface area contributed by atoms with Crippen LogP contribution >= 0.6 is 35.4 Å². The van der Waals surface area contributed by atoms with Gasteiger partial charge in [0.15, 0.2) is 5.78 Å². The van der Waals surface area contributed by atoms with E-state index in [4.69, 9.17) is 45.8 Å². The number of nitrogens with two attached hydrogens (primary N) is 3. The Morgan fingerprint density at radius 2 is 1.27 bits per heavy atom. The Labute approximate surface area is 376 Å². The Kier molecular flexibility index (Phi) is 27.4. The molecule has 0 saturated heterocycles. The number of anilines is 1. The first-order chi connectivity index (χ1) is 28.4. The maximum absolute atomic E-state index is 12.8. The fourth-order valence-electron chi connectivity index (χ4n) is 6.08. The molecule has 8 N–H and O–H groups in total. The van der Waals surface area contributed by atoms with Crippen LogP contribution in [0.15, 0.2) is 113 Å². The van der Waals surface area contributed by atoms with Crippen LogP contribution in [-0.4, -0.2) is 28.1 Å². The molecule has 0 aromatic heterocycles. The van der Waals surface area contributed by atoms with Crippen molar-refractivity contribution < 1.29 is 9.90 Å². The largest absolute Gasteiger partial charge is 0.512 e. The highest BCUT2D eigenvalue weighted by atomic mass is 35.5. The van der Waals surface area contributed by atoms with Crippen molar-refractivity contribution in [3.63, 3.8) is 0 Å². The normalized spacial score (nSPS) is 13.1. The summed E-state index contributed by atoms with van der Waals surface area (Å²) in [7, 11) is 0. The predicted molar refractivity (Wildman–Crippen MR) is 272 cm³/mol. The molecule has 0 heterocycles. The van der Waals surface area contributed by atoms with E-state index in [0.29, 0.717) is 50.4 Å². The van der Waals surface area contributed by atoms with Crippen LogP contribution in [0.4, 0.5) is 5.69 Å². The Balaban J connectivity index is 0.00000188. The maximum atomic E-state index is 12.8. The van der Waals surface area contributed by atoms with Gasteiger partial charge < -0.3 is 27.7 Å². The van der Waals surface area contributed by atoms with Gasteiger partial charge in [0.05, 0.1) is 16.3 Å². The second-order valence-corrected chi connectivity index (χ2v) is 15.8. The van der Waals surface area contributed by atoms with Crippen LogP contribution in [0.2, 0.25) is 10.0 Å². The van der Waals surface area contributed by atoms with Crippen LogP contribution in [-0.2, 0) is 4.79 Å². The van der Waals surface area contributed by atoms with Gasteiger partial charge in [0.2, 0.25) is 0 Å². The predicted octanol–water partition coefficient (Wildman–Crippen LogP) is 15.2. The number of Topliss-reactive ketones (excluding diaryl/α,β-unsaturated/α-hetero) is 1. The highest BCUT2D eigenvalue weighted by Gasteiger charge is 2.26. The zero-order valence-corrected chi connectivity index (χ0v) is 40.4. The monoisotopic (exact) mass is 872 g/mol. The molecular formula is C51H70Cl2N4O2S. The van der Waals surface area contributed by atoms with E-state index in [0.717, 1.165) is 61.5 Å². The van der Waals surface area contributed by atoms with Crippen LogP contribution in [0.5, 0.6) is 0 Å². The highest BCUT2D eigenvalue weighted by Crippen LogP contribution is 2.40. The summed E-state index contributed by atoms with van der Waals surface area (Å²) >= 11 is 17.3. The molecule has 1 aliphatic rings. The molecule has 0 unspecified atom stereocenters. The number of aryl methyl sites for hydroxylation is 1. The minimum atomic E-state index is -0.217. The molecule has 4 aromatic carbocycles. The number of halogens is 2. The molecule has 0 radical (unpaired) electrons. The lowest BCUT2D eigenvalue weighted by atomic mass is 9.92. The molecule has 0 fully saturated rings. The molecule has 4 aromatic rings. The van der Waals surface area contributed by atoms with E-state index in [2.05, 4.69) is 53.8 Å². The number of hydrogen-bond acceptors (Lipinski definition) is 6. The lowest BCUT2D eigenvalue weighted by molar-refractivity contribution is -0.113. The third-order valence-corrected chi connectivity index (χ3v) is 8.85. The molecule has 9 heteroatoms. The van der Waals surface area contributed by atoms with Crippen molar-refractivity contribution >= 4 is 84.7 Å². The molecule has 6 nitrogen and oxygen atoms in total. The molecule has 0 aliphatic heterocycles. The lowest BCUT2D eigenvalue weighted by Gasteiger charge is -2.12. The first-order valence-corrected chi connectivity index (χ1v) is 21.9. The van der Waals surface area contributed by atoms with Gasteiger partial charge in [-0.05, 0) is 117 Å². The number of ketones is 1. The third-order valence-electron chi connectivity index (χ3n) is 8.19. The Hall–Kier alpha value is -4.53. The van der Waals surface area contributed by atoms with Crippen molar-refractivity contribution in [2.24, 2.45) is 11.5 Å². The van der Waals surface area contributed by atoms with Gasteiger partial charge >= 0.3 is 0 Å². The number of allylic oxidation sites excluding steroid dienone is 10. The van der Waals surface area contributed by atoms with E-state index in [-0.39, 0.29) is 11.5 Å². The second kappa shape index (κ2) is 29.7. The molecule has 0 spiro atoms. The summed E-state index contributed by atoms with van der Waals surface area (Å²) in [6, 6.07) is 19.2. The molecule has 326 valence electrons. The summed E-state index contributed by atoms with van der Waals surface area (Å²) < 4.78 is 0. The minimum absolute atomic E-state index is 0.0298. The van der Waals surface area contributed by atoms with Crippen molar-refractivity contribution in [1.82, 2.24) is 0 Å². The van der Waals surface area contributed by atoms with E-state index < -0.39 is 0 Å². The van der Waals surface area contributed by atoms with E-state index in [1.54, 1.807) is 19.1 Å². The quantitative estimate of drug-likeness (QED) is 0.0412. The van der Waals surface area contributed by atoms with Crippen LogP contribution in [0.3, 0.4) is 0 Å². The zero-order chi connectivity index (χ0) is 46.1. The molecule has 60 heavy (non-hydrogen) atoms. The number of nitrogens with one attached hydrogen (secondary N) is 1. The average Bonchev–Trinajstić information content (AvgIpc) is 3.57. The number of rotatable bonds is 7. The number of carbonyl (C=O) groups excluding carboxylic acids is 1. The van der Waals surface area contributed by atoms with Gasteiger partial charge in [-0.25, -0.2) is 0 Å². The summed E-state index contributed by atoms with van der Waals surface area (Å²) in [4.78, 5) is 13.3. The number of hydrogen-bond donors (Lipinski definition) is 5. The van der Waals surface area contributed by atoms with Gasteiger partial charge in [0.1, 0.15) is 5.76 Å². The summed E-state index contributed by atoms with van der Waals surface area (Å²) in [5.74, 6) is -0.247. The number of nitrogen functional groups attached to an aromatic ring is 1. The molecule has 0 bridgehead atoms. The number of carbonyl (C=O) groups is 1. The van der Waals surface area contributed by atoms with E-state index in [1.165, 1.54) is 33.1 Å². The maximum Gasteiger partial charge on any atom is 0.163 e. The summed E-state index contributed by atoms with van der Waals surface area (Å²) in [6.45, 7) is 24.1. The Bertz CT molecular complexity index is 2200. The minimum Gasteiger partial charge on any atom is -0.512 e. The SMILES string of the molecule is CC(=O)C(=C(C)O)C1=C(C=CC(=N)c2cccc3c(Cl)ccc(C)c23)CC/C1=C\C=C(\C)c1cccc2c(Cl)ccc(N)c12.CC(N)=S.CCC.CCC.CCC.CCN. The smallest absolute Gasteiger partial charge is 0.163 e. The van der Waals surface area contributed by atoms with E-state index in [9.17, 15) is 9.90 Å². The standard InChI is InChI=1S/C38H34Cl2N2O2.3C3H8.C2H5NS.C2H7N/c1-21(27-7-5-9-29-32(40)18-20-34(42)38(27)29)11-13-25-14-15-26(37(25)36(23(3)43)24(4)44)16-19-33(41)30-10-6-8-28-31(39)17-12-22(2)35(28)30;3*1-3-2;1-2(3)4;1-2-3/h5-13,16-20,41,43H,14-15,42H2,1-4H3;3*3H2,1-2H3;1H3,(H2,3,4);2-3H2,1H3/b19-16?,21-11-,25-13+,36-23?,41-33?;;;;;. The van der Waals surface area contributed by atoms with Gasteiger partial charge in [-0.2, -0.15) is 0 Å². The number of thiocarbonyl (C=S) groups is 1. The lowest BCUT2D eigenvalue weighted by Crippen LogP contribution is -2.05. The number of aliphatic hydroxyl groups is 1. The van der Waals surface area contributed by atoms with Crippen LogP contribution in [0.25, 0.3) is 27.1 Å². The van der Waals surface area contributed by atoms with Gasteiger partial charge in [0, 0.05) is 37.5 Å². The van der Waals surface area contributed by atoms with Crippen LogP contribution < -0.4 is 17.2 Å². The van der Waals surface area contributed by atoms with Crippen LogP contribution in [0, 0.1) is 12.3 Å². The van der Waals surface area contributed by atoms with Gasteiger partial charge in [-0.1, -0.05) is 164 Å². The van der Waals surface area contributed by atoms with Crippen molar-refractivity contribution in [2.45, 2.75) is 115 Å². The van der Waals surface area contributed by atoms with Gasteiger partial charge in [-0.15, -0.1) is 0 Å². The van der Waals surface area contributed by atoms with E-state index >= 15 is 0 Å². The topological polar surface area (TPSA) is 139 Å². The van der Waals surface area contributed by atoms with Crippen molar-refractivity contribution in [3.05, 3.63) is 140 Å². The summed E-state index contributed by atoms with van der Waals surface area (Å²) in [5, 5.41) is 24.5. The van der Waals surface area contributed by atoms with Crippen molar-refractivity contribution in [2.75, 3.05) is 12.3 Å². The van der Waals surface area contributed by atoms with Crippen LogP contribution in [0.1, 0.15) is 125 Å². The molecular weight excluding hydrogens is 804 g/mol. The second-order valence-electron chi connectivity index (χ2n) is 14.3. The number of benzene rings is 4. The highest BCUT2D eigenvalue weighted by molar-refractivity contribution is 7.80. The third kappa shape index (κ3) is 17.2. The summed E-state index contributed by atoms with van der Waals surface area (Å²) in [6.07, 6.45) is 12.8. The first-order valence-electron chi connectivity index (χ1n) is 20.8. The number of fused-ring (bicyclic) bond motifs is 2. The average molecular weight is 874 g/mol. The number of aliphatic hydroxyl groups excluding tert-OH is 1. The fourth-order valence-corrected chi connectivity index (χ4v) is 6.52. The summed E-state index contributed by atoms with van der Waals surface area (Å²) in [5.41, 5.74) is 23.7. The molecule has 0 amide bonds.